The van der Waals surface area contributed by atoms with Crippen molar-refractivity contribution in [3.63, 3.8) is 0 Å². The van der Waals surface area contributed by atoms with Gasteiger partial charge < -0.3 is 24.3 Å². The number of anilines is 2. The number of carbonyl (C=O) groups excluding carboxylic acids is 1. The zero-order valence-electron chi connectivity index (χ0n) is 22.1. The minimum Gasteiger partial charge on any atom is -0.493 e. The highest BCUT2D eigenvalue weighted by atomic mass is 35.5. The molecule has 1 N–H and O–H groups in total. The predicted molar refractivity (Wildman–Crippen MR) is 150 cm³/mol. The Kier molecular flexibility index (Phi) is 11.7. The number of fused-ring (bicyclic) bond motifs is 1. The standard InChI is InChI=1S/C22H24Cl2N4O3.C5H10O2/c1-3-28-6-7-30-15(11-28)12-31-21-10-19-16(9-20(21)29-2)22(26-13-25-19)27-14-4-5-17(23)18(24)8-14;1-3-4-5(6)7-2/h4-5,8-10,13,15H,3,6-7,11-12H2,1-2H3,(H,25,26,27);3-4H2,1-2H3. The van der Waals surface area contributed by atoms with Gasteiger partial charge in [0.05, 0.1) is 36.4 Å². The molecular weight excluding hydrogens is 531 g/mol. The van der Waals surface area contributed by atoms with Gasteiger partial charge in [-0.3, -0.25) is 9.69 Å². The van der Waals surface area contributed by atoms with Crippen molar-refractivity contribution >= 4 is 51.6 Å². The number of carbonyl (C=O) groups is 1. The van der Waals surface area contributed by atoms with Gasteiger partial charge in [0.15, 0.2) is 11.5 Å². The number of hydrogen-bond acceptors (Lipinski definition) is 9. The summed E-state index contributed by atoms with van der Waals surface area (Å²) in [4.78, 5) is 21.3. The van der Waals surface area contributed by atoms with Gasteiger partial charge in [0, 0.05) is 36.7 Å². The van der Waals surface area contributed by atoms with Gasteiger partial charge in [-0.2, -0.15) is 0 Å². The Morgan fingerprint density at radius 1 is 1.13 bits per heavy atom. The molecule has 2 aromatic carbocycles. The molecule has 0 spiro atoms. The lowest BCUT2D eigenvalue weighted by atomic mass is 10.2. The van der Waals surface area contributed by atoms with Crippen molar-refractivity contribution in [1.82, 2.24) is 14.9 Å². The number of hydrogen-bond donors (Lipinski definition) is 1. The second kappa shape index (κ2) is 14.9. The number of morpholine rings is 1. The first-order valence-corrected chi connectivity index (χ1v) is 13.2. The number of esters is 1. The Hall–Kier alpha value is -2.85. The summed E-state index contributed by atoms with van der Waals surface area (Å²) in [6.45, 7) is 8.07. The number of aromatic nitrogens is 2. The van der Waals surface area contributed by atoms with Crippen LogP contribution in [0.25, 0.3) is 10.9 Å². The van der Waals surface area contributed by atoms with Crippen LogP contribution in [0.15, 0.2) is 36.7 Å². The summed E-state index contributed by atoms with van der Waals surface area (Å²) in [7, 11) is 3.01. The Morgan fingerprint density at radius 3 is 2.61 bits per heavy atom. The molecule has 3 aromatic rings. The van der Waals surface area contributed by atoms with Crippen molar-refractivity contribution in [3.05, 3.63) is 46.7 Å². The van der Waals surface area contributed by atoms with E-state index in [1.165, 1.54) is 13.4 Å². The predicted octanol–water partition coefficient (Wildman–Crippen LogP) is 5.75. The molecule has 1 fully saturated rings. The molecular formula is C27H34Cl2N4O5. The van der Waals surface area contributed by atoms with E-state index >= 15 is 0 Å². The molecule has 0 saturated carbocycles. The van der Waals surface area contributed by atoms with Crippen molar-refractivity contribution in [2.24, 2.45) is 0 Å². The average Bonchev–Trinajstić information content (AvgIpc) is 2.94. The molecule has 38 heavy (non-hydrogen) atoms. The number of nitrogens with zero attached hydrogens (tertiary/aromatic N) is 3. The SMILES string of the molecule is CCCC(=O)OC.CCN1CCOC(COc2cc3ncnc(Nc4ccc(Cl)c(Cl)c4)c3cc2OC)C1. The largest absolute Gasteiger partial charge is 0.493 e. The molecule has 0 bridgehead atoms. The number of likely N-dealkylation sites (N-methyl/N-ethyl adjacent to an activating group) is 1. The highest BCUT2D eigenvalue weighted by molar-refractivity contribution is 6.42. The third kappa shape index (κ3) is 8.33. The first-order chi connectivity index (χ1) is 18.4. The van der Waals surface area contributed by atoms with E-state index in [0.717, 1.165) is 42.6 Å². The quantitative estimate of drug-likeness (QED) is 0.326. The average molecular weight is 565 g/mol. The van der Waals surface area contributed by atoms with E-state index in [1.807, 2.05) is 25.1 Å². The molecule has 11 heteroatoms. The van der Waals surface area contributed by atoms with Gasteiger partial charge >= 0.3 is 5.97 Å². The molecule has 1 aliphatic rings. The fourth-order valence-corrected chi connectivity index (χ4v) is 4.10. The highest BCUT2D eigenvalue weighted by Gasteiger charge is 2.21. The smallest absolute Gasteiger partial charge is 0.305 e. The van der Waals surface area contributed by atoms with Gasteiger partial charge in [0.1, 0.15) is 24.9 Å². The second-order valence-electron chi connectivity index (χ2n) is 8.52. The third-order valence-electron chi connectivity index (χ3n) is 5.88. The molecule has 0 radical (unpaired) electrons. The fraction of sp³-hybridized carbons (Fsp3) is 0.444. The van der Waals surface area contributed by atoms with Crippen molar-refractivity contribution in [2.75, 3.05) is 52.4 Å². The van der Waals surface area contributed by atoms with Gasteiger partial charge in [-0.25, -0.2) is 9.97 Å². The van der Waals surface area contributed by atoms with Gasteiger partial charge in [-0.1, -0.05) is 37.0 Å². The topological polar surface area (TPSA) is 95.0 Å². The summed E-state index contributed by atoms with van der Waals surface area (Å²) in [6.07, 6.45) is 2.93. The first kappa shape index (κ1) is 29.7. The van der Waals surface area contributed by atoms with E-state index in [0.29, 0.717) is 47.0 Å². The number of methoxy groups -OCH3 is 2. The van der Waals surface area contributed by atoms with E-state index < -0.39 is 0 Å². The summed E-state index contributed by atoms with van der Waals surface area (Å²) < 4.78 is 21.8. The molecule has 1 aromatic heterocycles. The molecule has 1 unspecified atom stereocenters. The number of rotatable bonds is 9. The molecule has 1 atom stereocenters. The van der Waals surface area contributed by atoms with Gasteiger partial charge in [-0.05, 0) is 37.2 Å². The van der Waals surface area contributed by atoms with Crippen molar-refractivity contribution in [3.8, 4) is 11.5 Å². The minimum absolute atomic E-state index is 0.0198. The Labute approximate surface area is 233 Å². The van der Waals surface area contributed by atoms with Crippen LogP contribution in [0.3, 0.4) is 0 Å². The summed E-state index contributed by atoms with van der Waals surface area (Å²) in [5, 5.41) is 5.02. The molecule has 0 aliphatic carbocycles. The maximum atomic E-state index is 10.2. The summed E-state index contributed by atoms with van der Waals surface area (Å²) >= 11 is 12.1. The normalized spacial score (nSPS) is 15.4. The van der Waals surface area contributed by atoms with E-state index in [4.69, 9.17) is 37.4 Å². The van der Waals surface area contributed by atoms with E-state index in [2.05, 4.69) is 31.8 Å². The van der Waals surface area contributed by atoms with Crippen LogP contribution in [0, 0.1) is 0 Å². The lowest BCUT2D eigenvalue weighted by Gasteiger charge is -2.31. The van der Waals surface area contributed by atoms with Crippen molar-refractivity contribution in [2.45, 2.75) is 32.8 Å². The van der Waals surface area contributed by atoms with Crippen LogP contribution in [0.2, 0.25) is 10.0 Å². The minimum atomic E-state index is -0.123. The second-order valence-corrected chi connectivity index (χ2v) is 9.33. The van der Waals surface area contributed by atoms with Crippen molar-refractivity contribution in [1.29, 1.82) is 0 Å². The molecule has 1 saturated heterocycles. The third-order valence-corrected chi connectivity index (χ3v) is 6.62. The molecule has 2 heterocycles. The Balaban J connectivity index is 0.000000505. The van der Waals surface area contributed by atoms with Crippen LogP contribution in [0.5, 0.6) is 11.5 Å². The molecule has 4 rings (SSSR count). The molecule has 206 valence electrons. The lowest BCUT2D eigenvalue weighted by Crippen LogP contribution is -2.44. The maximum Gasteiger partial charge on any atom is 0.305 e. The van der Waals surface area contributed by atoms with E-state index in [9.17, 15) is 4.79 Å². The Morgan fingerprint density at radius 2 is 1.95 bits per heavy atom. The maximum absolute atomic E-state index is 10.2. The number of ether oxygens (including phenoxy) is 4. The van der Waals surface area contributed by atoms with Crippen LogP contribution in [-0.4, -0.2) is 74.0 Å². The van der Waals surface area contributed by atoms with Crippen LogP contribution in [0.1, 0.15) is 26.7 Å². The summed E-state index contributed by atoms with van der Waals surface area (Å²) in [5.41, 5.74) is 1.50. The van der Waals surface area contributed by atoms with Crippen molar-refractivity contribution < 1.29 is 23.7 Å². The monoisotopic (exact) mass is 564 g/mol. The fourth-order valence-electron chi connectivity index (χ4n) is 3.80. The molecule has 9 nitrogen and oxygen atoms in total. The lowest BCUT2D eigenvalue weighted by molar-refractivity contribution is -0.140. The number of benzene rings is 2. The van der Waals surface area contributed by atoms with Crippen LogP contribution < -0.4 is 14.8 Å². The first-order valence-electron chi connectivity index (χ1n) is 12.5. The molecule has 0 amide bonds. The van der Waals surface area contributed by atoms with E-state index in [-0.39, 0.29) is 12.1 Å². The van der Waals surface area contributed by atoms with Gasteiger partial charge in [0.2, 0.25) is 0 Å². The van der Waals surface area contributed by atoms with Gasteiger partial charge in [-0.15, -0.1) is 0 Å². The van der Waals surface area contributed by atoms with Crippen LogP contribution in [-0.2, 0) is 14.3 Å². The number of nitrogens with one attached hydrogen (secondary N) is 1. The Bertz CT molecular complexity index is 1210. The molecule has 1 aliphatic heterocycles. The number of halogens is 2. The zero-order valence-corrected chi connectivity index (χ0v) is 23.6. The highest BCUT2D eigenvalue weighted by Crippen LogP contribution is 2.35. The summed E-state index contributed by atoms with van der Waals surface area (Å²) in [5.74, 6) is 1.72. The van der Waals surface area contributed by atoms with Crippen LogP contribution >= 0.6 is 23.2 Å². The van der Waals surface area contributed by atoms with Crippen LogP contribution in [0.4, 0.5) is 11.5 Å². The van der Waals surface area contributed by atoms with E-state index in [1.54, 1.807) is 19.2 Å². The van der Waals surface area contributed by atoms with Gasteiger partial charge in [0.25, 0.3) is 0 Å². The summed E-state index contributed by atoms with van der Waals surface area (Å²) in [6, 6.07) is 9.03. The zero-order chi connectivity index (χ0) is 27.5.